The van der Waals surface area contributed by atoms with E-state index in [1.165, 1.54) is 24.0 Å². The Labute approximate surface area is 195 Å². The molecule has 1 aliphatic rings. The van der Waals surface area contributed by atoms with E-state index in [0.717, 1.165) is 42.8 Å². The van der Waals surface area contributed by atoms with Crippen molar-refractivity contribution in [2.24, 2.45) is 0 Å². The number of unbranched alkanes of at least 4 members (excludes halogenated alkanes) is 2. The van der Waals surface area contributed by atoms with Gasteiger partial charge in [-0.2, -0.15) is 0 Å². The van der Waals surface area contributed by atoms with Crippen molar-refractivity contribution in [2.45, 2.75) is 32.6 Å². The molecule has 4 rings (SSSR count). The van der Waals surface area contributed by atoms with E-state index in [4.69, 9.17) is 10.1 Å². The number of β-amino-alcohol motifs (C(OH)–C–C–N with tert-alkyl or cyclic N) is 1. The van der Waals surface area contributed by atoms with E-state index in [1.807, 2.05) is 29.2 Å². The summed E-state index contributed by atoms with van der Waals surface area (Å²) >= 11 is 0. The van der Waals surface area contributed by atoms with Crippen molar-refractivity contribution in [3.05, 3.63) is 65.5 Å². The standard InChI is InChI=1S/C27H34N4O2/c1-2-3-5-10-22(19-21-8-6-4-7-9-21)26-28-24-12-11-23(20-25(24)29-26)27(33)31-15-13-30(14-16-31)17-18-32/h4,6-9,11-12,19-20,32H,2-3,5,10,13-18H2,1H3,(H,28,29)/b22-19+. The second-order valence-corrected chi connectivity index (χ2v) is 8.71. The Kier molecular flexibility index (Phi) is 7.92. The van der Waals surface area contributed by atoms with Crippen molar-refractivity contribution in [2.75, 3.05) is 39.3 Å². The van der Waals surface area contributed by atoms with Crippen molar-refractivity contribution in [1.29, 1.82) is 0 Å². The molecule has 6 heteroatoms. The maximum absolute atomic E-state index is 13.1. The molecule has 33 heavy (non-hydrogen) atoms. The summed E-state index contributed by atoms with van der Waals surface area (Å²) in [7, 11) is 0. The molecule has 1 aliphatic heterocycles. The number of aromatic nitrogens is 2. The Morgan fingerprint density at radius 2 is 1.88 bits per heavy atom. The molecule has 0 spiro atoms. The Bertz CT molecular complexity index is 1080. The number of nitrogens with zero attached hydrogens (tertiary/aromatic N) is 3. The van der Waals surface area contributed by atoms with Gasteiger partial charge in [-0.05, 0) is 48.3 Å². The van der Waals surface area contributed by atoms with E-state index in [0.29, 0.717) is 25.2 Å². The number of imidazole rings is 1. The molecule has 2 aromatic carbocycles. The van der Waals surface area contributed by atoms with Gasteiger partial charge in [0.05, 0.1) is 17.6 Å². The van der Waals surface area contributed by atoms with Gasteiger partial charge in [-0.15, -0.1) is 0 Å². The number of aliphatic hydroxyl groups excluding tert-OH is 1. The third-order valence-corrected chi connectivity index (χ3v) is 6.30. The minimum absolute atomic E-state index is 0.0553. The lowest BCUT2D eigenvalue weighted by Crippen LogP contribution is -2.49. The number of rotatable bonds is 9. The van der Waals surface area contributed by atoms with Crippen molar-refractivity contribution in [3.8, 4) is 0 Å². The predicted octanol–water partition coefficient (Wildman–Crippen LogP) is 4.43. The topological polar surface area (TPSA) is 72.5 Å². The number of allylic oxidation sites excluding steroid dienone is 1. The average Bonchev–Trinajstić information content (AvgIpc) is 3.28. The van der Waals surface area contributed by atoms with Crippen LogP contribution in [0.2, 0.25) is 0 Å². The number of piperazine rings is 1. The lowest BCUT2D eigenvalue weighted by molar-refractivity contribution is 0.0615. The Balaban J connectivity index is 1.54. The summed E-state index contributed by atoms with van der Waals surface area (Å²) in [6.45, 7) is 6.02. The number of carbonyl (C=O) groups is 1. The van der Waals surface area contributed by atoms with Crippen molar-refractivity contribution in [3.63, 3.8) is 0 Å². The monoisotopic (exact) mass is 446 g/mol. The number of benzene rings is 2. The predicted molar refractivity (Wildman–Crippen MR) is 134 cm³/mol. The van der Waals surface area contributed by atoms with Crippen LogP contribution in [0.15, 0.2) is 48.5 Å². The minimum atomic E-state index is 0.0553. The summed E-state index contributed by atoms with van der Waals surface area (Å²) in [6.07, 6.45) is 6.67. The summed E-state index contributed by atoms with van der Waals surface area (Å²) in [5, 5.41) is 9.12. The van der Waals surface area contributed by atoms with Crippen LogP contribution in [0.1, 0.15) is 54.4 Å². The molecule has 1 fully saturated rings. The molecule has 0 aliphatic carbocycles. The van der Waals surface area contributed by atoms with Crippen LogP contribution in [-0.4, -0.2) is 70.1 Å². The number of hydrogen-bond acceptors (Lipinski definition) is 4. The van der Waals surface area contributed by atoms with Gasteiger partial charge in [0.2, 0.25) is 0 Å². The van der Waals surface area contributed by atoms with Gasteiger partial charge in [-0.3, -0.25) is 9.69 Å². The van der Waals surface area contributed by atoms with Crippen molar-refractivity contribution >= 4 is 28.6 Å². The van der Waals surface area contributed by atoms with E-state index < -0.39 is 0 Å². The second kappa shape index (κ2) is 11.3. The van der Waals surface area contributed by atoms with Crippen molar-refractivity contribution < 1.29 is 9.90 Å². The first kappa shape index (κ1) is 23.2. The van der Waals surface area contributed by atoms with Gasteiger partial charge < -0.3 is 15.0 Å². The fourth-order valence-electron chi connectivity index (χ4n) is 4.37. The zero-order valence-corrected chi connectivity index (χ0v) is 19.5. The zero-order valence-electron chi connectivity index (χ0n) is 19.5. The molecule has 174 valence electrons. The fraction of sp³-hybridized carbons (Fsp3) is 0.407. The third-order valence-electron chi connectivity index (χ3n) is 6.30. The van der Waals surface area contributed by atoms with Crippen LogP contribution < -0.4 is 0 Å². The Hall–Kier alpha value is -2.96. The Morgan fingerprint density at radius 3 is 2.61 bits per heavy atom. The number of H-pyrrole nitrogens is 1. The van der Waals surface area contributed by atoms with Crippen LogP contribution in [0.3, 0.4) is 0 Å². The van der Waals surface area contributed by atoms with Gasteiger partial charge in [0.15, 0.2) is 0 Å². The smallest absolute Gasteiger partial charge is 0.254 e. The third kappa shape index (κ3) is 5.89. The molecule has 0 atom stereocenters. The van der Waals surface area contributed by atoms with Gasteiger partial charge in [-0.25, -0.2) is 4.98 Å². The molecule has 2 heterocycles. The summed E-state index contributed by atoms with van der Waals surface area (Å²) in [5.74, 6) is 0.937. The van der Waals surface area contributed by atoms with Gasteiger partial charge in [0, 0.05) is 38.3 Å². The first-order valence-corrected chi connectivity index (χ1v) is 12.1. The van der Waals surface area contributed by atoms with Crippen LogP contribution in [0.5, 0.6) is 0 Å². The fourth-order valence-corrected chi connectivity index (χ4v) is 4.37. The Morgan fingerprint density at radius 1 is 1.09 bits per heavy atom. The quantitative estimate of drug-likeness (QED) is 0.477. The van der Waals surface area contributed by atoms with Crippen LogP contribution in [0.4, 0.5) is 0 Å². The molecule has 0 radical (unpaired) electrons. The summed E-state index contributed by atoms with van der Waals surface area (Å²) in [5.41, 5.74) is 4.82. The van der Waals surface area contributed by atoms with E-state index >= 15 is 0 Å². The molecule has 0 unspecified atom stereocenters. The summed E-state index contributed by atoms with van der Waals surface area (Å²) < 4.78 is 0. The SMILES string of the molecule is CCCCC/C(=C\c1ccccc1)c1nc2ccc(C(=O)N3CCN(CCO)CC3)cc2[nH]1. The average molecular weight is 447 g/mol. The number of aromatic amines is 1. The molecule has 6 nitrogen and oxygen atoms in total. The van der Waals surface area contributed by atoms with E-state index in [-0.39, 0.29) is 12.5 Å². The maximum atomic E-state index is 13.1. The van der Waals surface area contributed by atoms with Crippen LogP contribution >= 0.6 is 0 Å². The molecule has 0 saturated carbocycles. The number of nitrogens with one attached hydrogen (secondary N) is 1. The highest BCUT2D eigenvalue weighted by molar-refractivity contribution is 5.98. The first-order chi connectivity index (χ1) is 16.2. The summed E-state index contributed by atoms with van der Waals surface area (Å²) in [6, 6.07) is 16.1. The number of hydrogen-bond donors (Lipinski definition) is 2. The van der Waals surface area contributed by atoms with E-state index in [9.17, 15) is 4.79 Å². The van der Waals surface area contributed by atoms with Gasteiger partial charge in [-0.1, -0.05) is 50.1 Å². The first-order valence-electron chi connectivity index (χ1n) is 12.1. The number of aliphatic hydroxyl groups is 1. The molecular weight excluding hydrogens is 412 g/mol. The lowest BCUT2D eigenvalue weighted by atomic mass is 10.0. The largest absolute Gasteiger partial charge is 0.395 e. The van der Waals surface area contributed by atoms with Crippen molar-refractivity contribution in [1.82, 2.24) is 19.8 Å². The van der Waals surface area contributed by atoms with Gasteiger partial charge >= 0.3 is 0 Å². The molecule has 2 N–H and O–H groups in total. The van der Waals surface area contributed by atoms with E-state index in [1.54, 1.807) is 0 Å². The normalized spacial score (nSPS) is 15.3. The highest BCUT2D eigenvalue weighted by atomic mass is 16.3. The molecule has 1 amide bonds. The zero-order chi connectivity index (χ0) is 23.0. The maximum Gasteiger partial charge on any atom is 0.254 e. The van der Waals surface area contributed by atoms with Crippen LogP contribution in [0, 0.1) is 0 Å². The van der Waals surface area contributed by atoms with Crippen LogP contribution in [-0.2, 0) is 0 Å². The lowest BCUT2D eigenvalue weighted by Gasteiger charge is -2.34. The number of carbonyl (C=O) groups excluding carboxylic acids is 1. The van der Waals surface area contributed by atoms with Crippen LogP contribution in [0.25, 0.3) is 22.7 Å². The van der Waals surface area contributed by atoms with Gasteiger partial charge in [0.25, 0.3) is 5.91 Å². The number of fused-ring (bicyclic) bond motifs is 1. The minimum Gasteiger partial charge on any atom is -0.395 e. The van der Waals surface area contributed by atoms with Gasteiger partial charge in [0.1, 0.15) is 5.82 Å². The molecule has 1 aromatic heterocycles. The van der Waals surface area contributed by atoms with E-state index in [2.05, 4.69) is 47.1 Å². The number of amides is 1. The molecule has 1 saturated heterocycles. The highest BCUT2D eigenvalue weighted by Gasteiger charge is 2.22. The molecular formula is C27H34N4O2. The second-order valence-electron chi connectivity index (χ2n) is 8.71. The highest BCUT2D eigenvalue weighted by Crippen LogP contribution is 2.25. The molecule has 0 bridgehead atoms. The molecule has 3 aromatic rings. The summed E-state index contributed by atoms with van der Waals surface area (Å²) in [4.78, 5) is 25.5.